The molecule has 0 aliphatic heterocycles. The Balaban J connectivity index is 3.20. The Bertz CT molecular complexity index is 324. The molecule has 0 spiro atoms. The van der Waals surface area contributed by atoms with Crippen molar-refractivity contribution >= 4 is 5.97 Å². The zero-order valence-electron chi connectivity index (χ0n) is 8.56. The number of aliphatic carboxylic acids is 1. The van der Waals surface area contributed by atoms with Crippen LogP contribution in [0.2, 0.25) is 0 Å². The minimum absolute atomic E-state index is 0.678. The number of pyridine rings is 1. The molecule has 0 amide bonds. The maximum absolute atomic E-state index is 11.2. The third-order valence-electron chi connectivity index (χ3n) is 2.53. The largest absolute Gasteiger partial charge is 0.480 e. The van der Waals surface area contributed by atoms with Gasteiger partial charge in [0.05, 0.1) is 0 Å². The standard InChI is InChI=1S/C10H14N2O2/c1-10(9(13)14,12(2)3)8-5-4-6-11-7-8/h4-7H,1-3H3,(H,13,14)/t10-/m1/s1. The molecule has 0 fully saturated rings. The second kappa shape index (κ2) is 3.75. The van der Waals surface area contributed by atoms with Crippen molar-refractivity contribution in [3.8, 4) is 0 Å². The van der Waals surface area contributed by atoms with Gasteiger partial charge in [-0.3, -0.25) is 9.88 Å². The van der Waals surface area contributed by atoms with Crippen LogP contribution in [0.4, 0.5) is 0 Å². The molecule has 1 aromatic rings. The summed E-state index contributed by atoms with van der Waals surface area (Å²) < 4.78 is 0. The maximum Gasteiger partial charge on any atom is 0.328 e. The molecule has 4 nitrogen and oxygen atoms in total. The summed E-state index contributed by atoms with van der Waals surface area (Å²) in [5.74, 6) is -0.879. The van der Waals surface area contributed by atoms with Gasteiger partial charge in [0.25, 0.3) is 0 Å². The number of hydrogen-bond acceptors (Lipinski definition) is 3. The van der Waals surface area contributed by atoms with Crippen molar-refractivity contribution in [1.29, 1.82) is 0 Å². The van der Waals surface area contributed by atoms with Gasteiger partial charge in [0, 0.05) is 18.0 Å². The summed E-state index contributed by atoms with van der Waals surface area (Å²) in [6.45, 7) is 1.66. The summed E-state index contributed by atoms with van der Waals surface area (Å²) in [7, 11) is 3.47. The van der Waals surface area contributed by atoms with Crippen molar-refractivity contribution in [2.24, 2.45) is 0 Å². The number of likely N-dealkylation sites (N-methyl/N-ethyl adjacent to an activating group) is 1. The van der Waals surface area contributed by atoms with E-state index in [4.69, 9.17) is 0 Å². The lowest BCUT2D eigenvalue weighted by Gasteiger charge is -2.32. The van der Waals surface area contributed by atoms with Gasteiger partial charge >= 0.3 is 5.97 Å². The Hall–Kier alpha value is -1.42. The van der Waals surface area contributed by atoms with Gasteiger partial charge in [-0.05, 0) is 27.1 Å². The second-order valence-electron chi connectivity index (χ2n) is 3.51. The van der Waals surface area contributed by atoms with Crippen molar-refractivity contribution in [2.45, 2.75) is 12.5 Å². The molecule has 1 atom stereocenters. The number of carboxylic acid groups (broad SMARTS) is 1. The molecule has 0 saturated carbocycles. The number of aromatic nitrogens is 1. The van der Waals surface area contributed by atoms with Crippen LogP contribution in [-0.4, -0.2) is 35.1 Å². The minimum Gasteiger partial charge on any atom is -0.480 e. The molecule has 4 heteroatoms. The third-order valence-corrected chi connectivity index (χ3v) is 2.53. The normalized spacial score (nSPS) is 15.1. The molecule has 14 heavy (non-hydrogen) atoms. The first-order chi connectivity index (χ1) is 6.49. The Morgan fingerprint density at radius 3 is 2.57 bits per heavy atom. The van der Waals surface area contributed by atoms with E-state index in [0.717, 1.165) is 0 Å². The minimum atomic E-state index is -1.02. The zero-order valence-corrected chi connectivity index (χ0v) is 8.56. The van der Waals surface area contributed by atoms with Crippen LogP contribution in [0.5, 0.6) is 0 Å². The molecule has 0 unspecified atom stereocenters. The van der Waals surface area contributed by atoms with Gasteiger partial charge in [0.15, 0.2) is 0 Å². The number of nitrogens with zero attached hydrogens (tertiary/aromatic N) is 2. The summed E-state index contributed by atoms with van der Waals surface area (Å²) in [4.78, 5) is 16.8. The highest BCUT2D eigenvalue weighted by atomic mass is 16.4. The van der Waals surface area contributed by atoms with Crippen molar-refractivity contribution in [1.82, 2.24) is 9.88 Å². The summed E-state index contributed by atoms with van der Waals surface area (Å²) in [5, 5.41) is 9.19. The maximum atomic E-state index is 11.2. The van der Waals surface area contributed by atoms with Crippen LogP contribution in [0, 0.1) is 0 Å². The lowest BCUT2D eigenvalue weighted by Crippen LogP contribution is -2.45. The van der Waals surface area contributed by atoms with Crippen molar-refractivity contribution < 1.29 is 9.90 Å². The molecule has 0 radical (unpaired) electrons. The number of rotatable bonds is 3. The Morgan fingerprint density at radius 2 is 2.21 bits per heavy atom. The average Bonchev–Trinajstić information content (AvgIpc) is 2.17. The zero-order chi connectivity index (χ0) is 10.8. The van der Waals surface area contributed by atoms with Gasteiger partial charge in [0.1, 0.15) is 5.54 Å². The summed E-state index contributed by atoms with van der Waals surface area (Å²) in [6.07, 6.45) is 3.20. The highest BCUT2D eigenvalue weighted by molar-refractivity contribution is 5.80. The van der Waals surface area contributed by atoms with E-state index >= 15 is 0 Å². The van der Waals surface area contributed by atoms with Gasteiger partial charge in [-0.25, -0.2) is 4.79 Å². The lowest BCUT2D eigenvalue weighted by atomic mass is 9.92. The number of carbonyl (C=O) groups is 1. The number of carboxylic acids is 1. The Labute approximate surface area is 83.2 Å². The van der Waals surface area contributed by atoms with Crippen LogP contribution < -0.4 is 0 Å². The quantitative estimate of drug-likeness (QED) is 0.778. The molecule has 0 saturated heterocycles. The first kappa shape index (κ1) is 10.7. The van der Waals surface area contributed by atoms with Crippen LogP contribution >= 0.6 is 0 Å². The van der Waals surface area contributed by atoms with Crippen molar-refractivity contribution in [2.75, 3.05) is 14.1 Å². The first-order valence-electron chi connectivity index (χ1n) is 4.31. The van der Waals surface area contributed by atoms with Crippen molar-refractivity contribution in [3.05, 3.63) is 30.1 Å². The van der Waals surface area contributed by atoms with E-state index in [-0.39, 0.29) is 0 Å². The predicted molar refractivity (Wildman–Crippen MR) is 52.9 cm³/mol. The molecule has 1 N–H and O–H groups in total. The van der Waals surface area contributed by atoms with Gasteiger partial charge in [-0.15, -0.1) is 0 Å². The van der Waals surface area contributed by atoms with Crippen LogP contribution in [0.3, 0.4) is 0 Å². The third kappa shape index (κ3) is 1.61. The van der Waals surface area contributed by atoms with E-state index in [1.54, 1.807) is 50.4 Å². The van der Waals surface area contributed by atoms with E-state index in [9.17, 15) is 9.90 Å². The number of hydrogen-bond donors (Lipinski definition) is 1. The second-order valence-corrected chi connectivity index (χ2v) is 3.51. The predicted octanol–water partition coefficient (Wildman–Crippen LogP) is 0.943. The molecule has 1 aromatic heterocycles. The van der Waals surface area contributed by atoms with Crippen LogP contribution in [-0.2, 0) is 10.3 Å². The van der Waals surface area contributed by atoms with Gasteiger partial charge in [-0.2, -0.15) is 0 Å². The topological polar surface area (TPSA) is 53.4 Å². The SMILES string of the molecule is CN(C)[C@@](C)(C(=O)O)c1cccnc1. The van der Waals surface area contributed by atoms with E-state index < -0.39 is 11.5 Å². The molecule has 1 heterocycles. The van der Waals surface area contributed by atoms with Crippen LogP contribution in [0.1, 0.15) is 12.5 Å². The fraction of sp³-hybridized carbons (Fsp3) is 0.400. The summed E-state index contributed by atoms with van der Waals surface area (Å²) >= 11 is 0. The van der Waals surface area contributed by atoms with Crippen molar-refractivity contribution in [3.63, 3.8) is 0 Å². The lowest BCUT2D eigenvalue weighted by molar-refractivity contribution is -0.149. The van der Waals surface area contributed by atoms with Gasteiger partial charge < -0.3 is 5.11 Å². The Kier molecular flexibility index (Phi) is 2.86. The smallest absolute Gasteiger partial charge is 0.328 e. The molecule has 0 aliphatic carbocycles. The van der Waals surface area contributed by atoms with E-state index in [2.05, 4.69) is 4.98 Å². The fourth-order valence-corrected chi connectivity index (χ4v) is 1.22. The van der Waals surface area contributed by atoms with Crippen LogP contribution in [0.15, 0.2) is 24.5 Å². The molecule has 1 rings (SSSR count). The molecular formula is C10H14N2O2. The Morgan fingerprint density at radius 1 is 1.57 bits per heavy atom. The van der Waals surface area contributed by atoms with Gasteiger partial charge in [0.2, 0.25) is 0 Å². The van der Waals surface area contributed by atoms with E-state index in [1.165, 1.54) is 0 Å². The highest BCUT2D eigenvalue weighted by Gasteiger charge is 2.37. The van der Waals surface area contributed by atoms with E-state index in [0.29, 0.717) is 5.56 Å². The molecule has 0 aromatic carbocycles. The fourth-order valence-electron chi connectivity index (χ4n) is 1.22. The first-order valence-corrected chi connectivity index (χ1v) is 4.31. The average molecular weight is 194 g/mol. The summed E-state index contributed by atoms with van der Waals surface area (Å²) in [5.41, 5.74) is -0.341. The molecule has 0 bridgehead atoms. The van der Waals surface area contributed by atoms with Crippen LogP contribution in [0.25, 0.3) is 0 Å². The van der Waals surface area contributed by atoms with Gasteiger partial charge in [-0.1, -0.05) is 6.07 Å². The van der Waals surface area contributed by atoms with E-state index in [1.807, 2.05) is 0 Å². The molecule has 0 aliphatic rings. The monoisotopic (exact) mass is 194 g/mol. The molecule has 76 valence electrons. The highest BCUT2D eigenvalue weighted by Crippen LogP contribution is 2.25. The molecular weight excluding hydrogens is 180 g/mol. The summed E-state index contributed by atoms with van der Waals surface area (Å²) in [6, 6.07) is 3.50.